The Hall–Kier alpha value is -1.10. The van der Waals surface area contributed by atoms with E-state index in [1.54, 1.807) is 7.11 Å². The van der Waals surface area contributed by atoms with Crippen molar-refractivity contribution in [2.24, 2.45) is 0 Å². The summed E-state index contributed by atoms with van der Waals surface area (Å²) in [5, 5.41) is 0. The summed E-state index contributed by atoms with van der Waals surface area (Å²) in [7, 11) is 1.67. The molecule has 0 amide bonds. The molecule has 0 radical (unpaired) electrons. The molecule has 1 aliphatic heterocycles. The summed E-state index contributed by atoms with van der Waals surface area (Å²) in [4.78, 5) is 0. The summed E-state index contributed by atoms with van der Waals surface area (Å²) in [5.41, 5.74) is 1.22. The molecule has 4 heteroatoms. The van der Waals surface area contributed by atoms with Crippen molar-refractivity contribution in [3.8, 4) is 5.75 Å². The average molecular weight is 238 g/mol. The van der Waals surface area contributed by atoms with Gasteiger partial charge in [0.25, 0.3) is 0 Å². The van der Waals surface area contributed by atoms with E-state index in [4.69, 9.17) is 18.9 Å². The van der Waals surface area contributed by atoms with Gasteiger partial charge in [0.15, 0.2) is 6.29 Å². The van der Waals surface area contributed by atoms with Crippen molar-refractivity contribution in [1.82, 2.24) is 0 Å². The fourth-order valence-electron chi connectivity index (χ4n) is 1.66. The van der Waals surface area contributed by atoms with Gasteiger partial charge in [0.2, 0.25) is 0 Å². The first-order valence-electron chi connectivity index (χ1n) is 5.82. The molecule has 2 rings (SSSR count). The number of methoxy groups -OCH3 is 1. The first-order valence-corrected chi connectivity index (χ1v) is 5.82. The molecule has 0 spiro atoms. The topological polar surface area (TPSA) is 36.9 Å². The highest BCUT2D eigenvalue weighted by molar-refractivity contribution is 5.27. The Morgan fingerprint density at radius 1 is 1.24 bits per heavy atom. The highest BCUT2D eigenvalue weighted by Crippen LogP contribution is 2.12. The van der Waals surface area contributed by atoms with Crippen LogP contribution >= 0.6 is 0 Å². The van der Waals surface area contributed by atoms with Crippen molar-refractivity contribution in [1.29, 1.82) is 0 Å². The first-order chi connectivity index (χ1) is 8.38. The third-order valence-corrected chi connectivity index (χ3v) is 2.64. The van der Waals surface area contributed by atoms with Gasteiger partial charge in [0.1, 0.15) is 5.75 Å². The maximum atomic E-state index is 5.56. The highest BCUT2D eigenvalue weighted by atomic mass is 16.7. The monoisotopic (exact) mass is 238 g/mol. The number of ether oxygens (including phenoxy) is 4. The Bertz CT molecular complexity index is 317. The summed E-state index contributed by atoms with van der Waals surface area (Å²) < 4.78 is 21.3. The third kappa shape index (κ3) is 4.00. The molecule has 0 unspecified atom stereocenters. The lowest BCUT2D eigenvalue weighted by Gasteiger charge is -2.22. The van der Waals surface area contributed by atoms with Gasteiger partial charge < -0.3 is 18.9 Å². The number of hydrogen-bond acceptors (Lipinski definition) is 4. The molecule has 0 saturated carbocycles. The van der Waals surface area contributed by atoms with E-state index in [2.05, 4.69) is 0 Å². The first kappa shape index (κ1) is 12.4. The molecular weight excluding hydrogens is 220 g/mol. The van der Waals surface area contributed by atoms with Crippen LogP contribution in [0.15, 0.2) is 24.3 Å². The smallest absolute Gasteiger partial charge is 0.180 e. The van der Waals surface area contributed by atoms with Gasteiger partial charge in [-0.3, -0.25) is 0 Å². The third-order valence-electron chi connectivity index (χ3n) is 2.64. The van der Waals surface area contributed by atoms with Crippen LogP contribution in [0.3, 0.4) is 0 Å². The molecule has 4 nitrogen and oxygen atoms in total. The predicted octanol–water partition coefficient (Wildman–Crippen LogP) is 1.63. The van der Waals surface area contributed by atoms with Gasteiger partial charge in [-0.05, 0) is 24.1 Å². The van der Waals surface area contributed by atoms with E-state index in [-0.39, 0.29) is 6.29 Å². The molecule has 1 aromatic rings. The van der Waals surface area contributed by atoms with Crippen molar-refractivity contribution < 1.29 is 18.9 Å². The second kappa shape index (κ2) is 6.59. The largest absolute Gasteiger partial charge is 0.497 e. The lowest BCUT2D eigenvalue weighted by atomic mass is 10.1. The van der Waals surface area contributed by atoms with Gasteiger partial charge in [0, 0.05) is 0 Å². The highest BCUT2D eigenvalue weighted by Gasteiger charge is 2.13. The molecule has 1 aliphatic rings. The number of rotatable bonds is 5. The van der Waals surface area contributed by atoms with Crippen molar-refractivity contribution in [2.45, 2.75) is 12.7 Å². The Kier molecular flexibility index (Phi) is 4.79. The van der Waals surface area contributed by atoms with Crippen LogP contribution in [0.2, 0.25) is 0 Å². The van der Waals surface area contributed by atoms with E-state index in [9.17, 15) is 0 Å². The summed E-state index contributed by atoms with van der Waals surface area (Å²) in [5.74, 6) is 0.874. The molecule has 1 fully saturated rings. The summed E-state index contributed by atoms with van der Waals surface area (Å²) >= 11 is 0. The normalized spacial score (nSPS) is 20.2. The minimum atomic E-state index is -0.206. The molecule has 0 aliphatic carbocycles. The molecule has 1 aromatic carbocycles. The summed E-state index contributed by atoms with van der Waals surface area (Å²) in [6, 6.07) is 7.99. The Balaban J connectivity index is 1.69. The fourth-order valence-corrected chi connectivity index (χ4v) is 1.66. The van der Waals surface area contributed by atoms with E-state index in [0.29, 0.717) is 26.4 Å². The Morgan fingerprint density at radius 3 is 2.71 bits per heavy atom. The van der Waals surface area contributed by atoms with Gasteiger partial charge in [-0.1, -0.05) is 12.1 Å². The molecule has 0 bridgehead atoms. The molecule has 1 heterocycles. The maximum absolute atomic E-state index is 5.56. The lowest BCUT2D eigenvalue weighted by molar-refractivity contribution is -0.210. The van der Waals surface area contributed by atoms with Gasteiger partial charge >= 0.3 is 0 Å². The zero-order valence-corrected chi connectivity index (χ0v) is 10.1. The number of benzene rings is 1. The van der Waals surface area contributed by atoms with E-state index in [1.165, 1.54) is 5.56 Å². The fraction of sp³-hybridized carbons (Fsp3) is 0.538. The zero-order valence-electron chi connectivity index (χ0n) is 10.1. The molecular formula is C13H18O4. The molecule has 17 heavy (non-hydrogen) atoms. The molecule has 0 N–H and O–H groups in total. The SMILES string of the molecule is COc1ccc(CCO[C@@H]2COCCO2)cc1. The lowest BCUT2D eigenvalue weighted by Crippen LogP contribution is -2.31. The zero-order chi connectivity index (χ0) is 11.9. The van der Waals surface area contributed by atoms with Crippen LogP contribution in [-0.2, 0) is 20.6 Å². The quantitative estimate of drug-likeness (QED) is 0.781. The van der Waals surface area contributed by atoms with E-state index >= 15 is 0 Å². The van der Waals surface area contributed by atoms with Crippen LogP contribution in [0.5, 0.6) is 5.75 Å². The average Bonchev–Trinajstić information content (AvgIpc) is 2.41. The molecule has 0 aromatic heterocycles. The van der Waals surface area contributed by atoms with Crippen LogP contribution in [0, 0.1) is 0 Å². The molecule has 1 saturated heterocycles. The van der Waals surface area contributed by atoms with E-state index < -0.39 is 0 Å². The van der Waals surface area contributed by atoms with Crippen molar-refractivity contribution in [2.75, 3.05) is 33.5 Å². The van der Waals surface area contributed by atoms with Gasteiger partial charge in [-0.25, -0.2) is 0 Å². The van der Waals surface area contributed by atoms with E-state index in [0.717, 1.165) is 12.2 Å². The summed E-state index contributed by atoms with van der Waals surface area (Å²) in [6.45, 7) is 2.45. The standard InChI is InChI=1S/C13H18O4/c1-14-12-4-2-11(3-5-12)6-7-16-13-10-15-8-9-17-13/h2-5,13H,6-10H2,1H3/t13-/m0/s1. The van der Waals surface area contributed by atoms with Crippen LogP contribution in [-0.4, -0.2) is 39.8 Å². The van der Waals surface area contributed by atoms with Crippen molar-refractivity contribution in [3.05, 3.63) is 29.8 Å². The van der Waals surface area contributed by atoms with Crippen LogP contribution in [0.25, 0.3) is 0 Å². The summed E-state index contributed by atoms with van der Waals surface area (Å²) in [6.07, 6.45) is 0.658. The van der Waals surface area contributed by atoms with Crippen molar-refractivity contribution >= 4 is 0 Å². The number of hydrogen-bond donors (Lipinski definition) is 0. The van der Waals surface area contributed by atoms with Gasteiger partial charge in [-0.15, -0.1) is 0 Å². The molecule has 94 valence electrons. The van der Waals surface area contributed by atoms with Crippen LogP contribution in [0.4, 0.5) is 0 Å². The maximum Gasteiger partial charge on any atom is 0.180 e. The molecule has 1 atom stereocenters. The second-order valence-corrected chi connectivity index (χ2v) is 3.84. The minimum Gasteiger partial charge on any atom is -0.497 e. The Morgan fingerprint density at radius 2 is 2.06 bits per heavy atom. The van der Waals surface area contributed by atoms with Crippen LogP contribution < -0.4 is 4.74 Å². The van der Waals surface area contributed by atoms with E-state index in [1.807, 2.05) is 24.3 Å². The minimum absolute atomic E-state index is 0.206. The van der Waals surface area contributed by atoms with Crippen LogP contribution in [0.1, 0.15) is 5.56 Å². The van der Waals surface area contributed by atoms with Gasteiger partial charge in [0.05, 0.1) is 33.5 Å². The van der Waals surface area contributed by atoms with Gasteiger partial charge in [-0.2, -0.15) is 0 Å². The van der Waals surface area contributed by atoms with Crippen molar-refractivity contribution in [3.63, 3.8) is 0 Å². The predicted molar refractivity (Wildman–Crippen MR) is 63.2 cm³/mol. The second-order valence-electron chi connectivity index (χ2n) is 3.84. The Labute approximate surface area is 101 Å².